The number of halogens is 2. The van der Waals surface area contributed by atoms with Crippen LogP contribution in [0.15, 0.2) is 18.2 Å². The number of benzene rings is 1. The van der Waals surface area contributed by atoms with Gasteiger partial charge in [0.05, 0.1) is 15.3 Å². The predicted molar refractivity (Wildman–Crippen MR) is 76.4 cm³/mol. The van der Waals surface area contributed by atoms with Crippen molar-refractivity contribution in [2.45, 2.75) is 30.6 Å². The third-order valence-electron chi connectivity index (χ3n) is 3.27. The summed E-state index contributed by atoms with van der Waals surface area (Å²) in [7, 11) is -3.01. The van der Waals surface area contributed by atoms with Crippen molar-refractivity contribution in [1.29, 1.82) is 0 Å². The van der Waals surface area contributed by atoms with Crippen molar-refractivity contribution in [3.8, 4) is 0 Å². The predicted octanol–water partition coefficient (Wildman–Crippen LogP) is 3.37. The van der Waals surface area contributed by atoms with E-state index < -0.39 is 9.84 Å². The van der Waals surface area contributed by atoms with Crippen molar-refractivity contribution >= 4 is 38.7 Å². The largest absolute Gasteiger partial charge is 0.381 e. The molecule has 3 nitrogen and oxygen atoms in total. The molecule has 18 heavy (non-hydrogen) atoms. The van der Waals surface area contributed by atoms with E-state index in [0.29, 0.717) is 10.0 Å². The third-order valence-corrected chi connectivity index (χ3v) is 5.68. The maximum absolute atomic E-state index is 11.7. The fourth-order valence-corrected chi connectivity index (χ4v) is 4.10. The van der Waals surface area contributed by atoms with Gasteiger partial charge in [-0.3, -0.25) is 0 Å². The minimum absolute atomic E-state index is 0.0442. The van der Waals surface area contributed by atoms with Gasteiger partial charge >= 0.3 is 0 Å². The summed E-state index contributed by atoms with van der Waals surface area (Å²) in [5.41, 5.74) is 0.810. The van der Waals surface area contributed by atoms with Crippen molar-refractivity contribution in [3.05, 3.63) is 28.2 Å². The SMILES string of the molecule is CS(=O)(=O)C1CCCC1Nc1ccc(Cl)c(Cl)c1. The number of anilines is 1. The standard InChI is InChI=1S/C12H15Cl2NO2S/c1-18(16,17)12-4-2-3-11(12)15-8-5-6-9(13)10(14)7-8/h5-7,11-12,15H,2-4H2,1H3. The first-order valence-corrected chi connectivity index (χ1v) is 8.49. The highest BCUT2D eigenvalue weighted by molar-refractivity contribution is 7.91. The Labute approximate surface area is 117 Å². The zero-order valence-electron chi connectivity index (χ0n) is 9.99. The molecule has 0 aromatic heterocycles. The van der Waals surface area contributed by atoms with Gasteiger partial charge in [0.15, 0.2) is 9.84 Å². The molecule has 0 radical (unpaired) electrons. The topological polar surface area (TPSA) is 46.2 Å². The first-order valence-electron chi connectivity index (χ1n) is 5.78. The molecule has 0 aliphatic heterocycles. The van der Waals surface area contributed by atoms with Crippen LogP contribution in [0.25, 0.3) is 0 Å². The van der Waals surface area contributed by atoms with Crippen LogP contribution in [0.2, 0.25) is 10.0 Å². The van der Waals surface area contributed by atoms with E-state index in [1.165, 1.54) is 6.26 Å². The first kappa shape index (κ1) is 14.0. The lowest BCUT2D eigenvalue weighted by atomic mass is 10.2. The minimum atomic E-state index is -3.01. The number of hydrogen-bond donors (Lipinski definition) is 1. The monoisotopic (exact) mass is 307 g/mol. The number of nitrogens with one attached hydrogen (secondary N) is 1. The molecule has 100 valence electrons. The van der Waals surface area contributed by atoms with Crippen molar-refractivity contribution in [2.75, 3.05) is 11.6 Å². The van der Waals surface area contributed by atoms with Gasteiger partial charge < -0.3 is 5.32 Å². The van der Waals surface area contributed by atoms with Gasteiger partial charge in [-0.25, -0.2) is 8.42 Å². The van der Waals surface area contributed by atoms with E-state index in [2.05, 4.69) is 5.32 Å². The average molecular weight is 308 g/mol. The second-order valence-corrected chi connectivity index (χ2v) is 7.76. The lowest BCUT2D eigenvalue weighted by molar-refractivity contribution is 0.579. The molecule has 0 amide bonds. The van der Waals surface area contributed by atoms with E-state index in [9.17, 15) is 8.42 Å². The van der Waals surface area contributed by atoms with E-state index in [1.807, 2.05) is 6.07 Å². The summed E-state index contributed by atoms with van der Waals surface area (Å²) in [4.78, 5) is 0. The minimum Gasteiger partial charge on any atom is -0.381 e. The summed E-state index contributed by atoms with van der Waals surface area (Å²) in [5.74, 6) is 0. The molecule has 1 N–H and O–H groups in total. The van der Waals surface area contributed by atoms with Crippen LogP contribution in [0.1, 0.15) is 19.3 Å². The summed E-state index contributed by atoms with van der Waals surface area (Å²) in [6.07, 6.45) is 3.80. The number of rotatable bonds is 3. The molecule has 6 heteroatoms. The number of sulfone groups is 1. The molecule has 2 atom stereocenters. The zero-order chi connectivity index (χ0) is 13.3. The fraction of sp³-hybridized carbons (Fsp3) is 0.500. The van der Waals surface area contributed by atoms with Crippen LogP contribution in [-0.2, 0) is 9.84 Å². The molecule has 0 spiro atoms. The van der Waals surface area contributed by atoms with Crippen molar-refractivity contribution in [3.63, 3.8) is 0 Å². The van der Waals surface area contributed by atoms with Crippen LogP contribution < -0.4 is 5.32 Å². The maximum atomic E-state index is 11.7. The lowest BCUT2D eigenvalue weighted by Crippen LogP contribution is -2.34. The van der Waals surface area contributed by atoms with E-state index >= 15 is 0 Å². The highest BCUT2D eigenvalue weighted by Crippen LogP contribution is 2.30. The normalized spacial score (nSPS) is 24.2. The Morgan fingerprint density at radius 1 is 1.22 bits per heavy atom. The van der Waals surface area contributed by atoms with E-state index in [1.54, 1.807) is 12.1 Å². The quantitative estimate of drug-likeness (QED) is 0.931. The summed E-state index contributed by atoms with van der Waals surface area (Å²) in [6, 6.07) is 5.20. The molecule has 1 aromatic carbocycles. The first-order chi connectivity index (χ1) is 8.38. The van der Waals surface area contributed by atoms with E-state index in [0.717, 1.165) is 24.9 Å². The molecule has 1 aliphatic rings. The second-order valence-electron chi connectivity index (χ2n) is 4.68. The number of hydrogen-bond acceptors (Lipinski definition) is 3. The van der Waals surface area contributed by atoms with Gasteiger partial charge in [-0.15, -0.1) is 0 Å². The van der Waals surface area contributed by atoms with E-state index in [4.69, 9.17) is 23.2 Å². The van der Waals surface area contributed by atoms with Gasteiger partial charge in [0, 0.05) is 18.0 Å². The molecule has 0 heterocycles. The van der Waals surface area contributed by atoms with Crippen LogP contribution in [0, 0.1) is 0 Å². The Kier molecular flexibility index (Phi) is 4.09. The summed E-state index contributed by atoms with van der Waals surface area (Å²) in [5, 5.41) is 3.89. The average Bonchev–Trinajstić information content (AvgIpc) is 2.71. The van der Waals surface area contributed by atoms with Crippen LogP contribution in [0.4, 0.5) is 5.69 Å². The van der Waals surface area contributed by atoms with Gasteiger partial charge in [0.25, 0.3) is 0 Å². The van der Waals surface area contributed by atoms with Crippen molar-refractivity contribution in [1.82, 2.24) is 0 Å². The van der Waals surface area contributed by atoms with Gasteiger partial charge in [0.2, 0.25) is 0 Å². The molecule has 2 rings (SSSR count). The lowest BCUT2D eigenvalue weighted by Gasteiger charge is -2.20. The van der Waals surface area contributed by atoms with Gasteiger partial charge in [-0.1, -0.05) is 23.2 Å². The molecule has 1 aliphatic carbocycles. The Morgan fingerprint density at radius 3 is 2.56 bits per heavy atom. The highest BCUT2D eigenvalue weighted by atomic mass is 35.5. The maximum Gasteiger partial charge on any atom is 0.152 e. The van der Waals surface area contributed by atoms with Crippen molar-refractivity contribution in [2.24, 2.45) is 0 Å². The molecule has 2 unspecified atom stereocenters. The molecule has 1 saturated carbocycles. The van der Waals surface area contributed by atoms with Crippen LogP contribution in [0.3, 0.4) is 0 Å². The van der Waals surface area contributed by atoms with E-state index in [-0.39, 0.29) is 11.3 Å². The molecule has 1 aromatic rings. The smallest absolute Gasteiger partial charge is 0.152 e. The Balaban J connectivity index is 2.16. The molecular formula is C12H15Cl2NO2S. The zero-order valence-corrected chi connectivity index (χ0v) is 12.3. The highest BCUT2D eigenvalue weighted by Gasteiger charge is 2.34. The Bertz CT molecular complexity index is 545. The fourth-order valence-electron chi connectivity index (χ4n) is 2.40. The molecule has 0 bridgehead atoms. The molecule has 1 fully saturated rings. The Morgan fingerprint density at radius 2 is 1.94 bits per heavy atom. The molecular weight excluding hydrogens is 293 g/mol. The van der Waals surface area contributed by atoms with Crippen LogP contribution in [-0.4, -0.2) is 26.0 Å². The summed E-state index contributed by atoms with van der Waals surface area (Å²) < 4.78 is 23.3. The van der Waals surface area contributed by atoms with Gasteiger partial charge in [-0.2, -0.15) is 0 Å². The van der Waals surface area contributed by atoms with Gasteiger partial charge in [0.1, 0.15) is 0 Å². The second kappa shape index (κ2) is 5.27. The van der Waals surface area contributed by atoms with Gasteiger partial charge in [-0.05, 0) is 37.5 Å². The summed E-state index contributed by atoms with van der Waals surface area (Å²) in [6.45, 7) is 0. The van der Waals surface area contributed by atoms with Crippen LogP contribution in [0.5, 0.6) is 0 Å². The summed E-state index contributed by atoms with van der Waals surface area (Å²) >= 11 is 11.8. The van der Waals surface area contributed by atoms with Crippen LogP contribution >= 0.6 is 23.2 Å². The van der Waals surface area contributed by atoms with Crippen molar-refractivity contribution < 1.29 is 8.42 Å². The molecule has 0 saturated heterocycles. The Hall–Kier alpha value is -0.450. The third kappa shape index (κ3) is 3.11.